The maximum absolute atomic E-state index is 12.1. The van der Waals surface area contributed by atoms with E-state index in [0.29, 0.717) is 5.92 Å². The first-order chi connectivity index (χ1) is 9.33. The zero-order valence-corrected chi connectivity index (χ0v) is 13.0. The van der Waals surface area contributed by atoms with Crippen LogP contribution in [-0.2, 0) is 4.74 Å². The van der Waals surface area contributed by atoms with Crippen LogP contribution >= 0.6 is 0 Å². The Morgan fingerprint density at radius 2 is 2.00 bits per heavy atom. The van der Waals surface area contributed by atoms with Crippen molar-refractivity contribution in [1.82, 2.24) is 9.80 Å². The van der Waals surface area contributed by atoms with Gasteiger partial charge in [-0.05, 0) is 46.0 Å². The second-order valence-electron chi connectivity index (χ2n) is 7.14. The fourth-order valence-corrected chi connectivity index (χ4v) is 3.05. The predicted molar refractivity (Wildman–Crippen MR) is 77.6 cm³/mol. The first-order valence-electron chi connectivity index (χ1n) is 7.72. The highest BCUT2D eigenvalue weighted by Crippen LogP contribution is 2.21. The summed E-state index contributed by atoms with van der Waals surface area (Å²) < 4.78 is 5.45. The Balaban J connectivity index is 1.80. The number of rotatable bonds is 2. The Morgan fingerprint density at radius 3 is 2.60 bits per heavy atom. The molecule has 116 valence electrons. The van der Waals surface area contributed by atoms with E-state index in [1.165, 1.54) is 0 Å². The number of piperidine rings is 1. The van der Waals surface area contributed by atoms with E-state index in [2.05, 4.69) is 4.90 Å². The third-order valence-electron chi connectivity index (χ3n) is 3.93. The average molecular weight is 284 g/mol. The molecule has 0 aromatic heterocycles. The molecule has 2 aliphatic heterocycles. The van der Waals surface area contributed by atoms with Crippen LogP contribution in [0.2, 0.25) is 0 Å². The van der Waals surface area contributed by atoms with E-state index in [0.717, 1.165) is 52.0 Å². The number of β-amino-alcohol motifs (C(OH)–C–C–N with tert-alkyl or cyclic N) is 1. The normalized spacial score (nSPS) is 28.7. The van der Waals surface area contributed by atoms with E-state index in [9.17, 15) is 9.90 Å². The fraction of sp³-hybridized carbons (Fsp3) is 0.933. The smallest absolute Gasteiger partial charge is 0.410 e. The Hall–Kier alpha value is -0.810. The van der Waals surface area contributed by atoms with Crippen molar-refractivity contribution in [3.8, 4) is 0 Å². The molecule has 1 amide bonds. The van der Waals surface area contributed by atoms with E-state index < -0.39 is 5.60 Å². The standard InChI is InChI=1S/C15H28N2O3/c1-15(2,3)20-14(19)17-7-4-5-12(10-17)9-16-8-6-13(18)11-16/h12-13,18H,4-11H2,1-3H3/t12?,13-/m0/s1. The third kappa shape index (κ3) is 4.63. The summed E-state index contributed by atoms with van der Waals surface area (Å²) in [5.41, 5.74) is -0.427. The lowest BCUT2D eigenvalue weighted by molar-refractivity contribution is 0.0146. The van der Waals surface area contributed by atoms with Crippen molar-refractivity contribution in [3.05, 3.63) is 0 Å². The Morgan fingerprint density at radius 1 is 1.25 bits per heavy atom. The molecular formula is C15H28N2O3. The van der Waals surface area contributed by atoms with Crippen molar-refractivity contribution in [2.75, 3.05) is 32.7 Å². The molecule has 0 spiro atoms. The van der Waals surface area contributed by atoms with E-state index in [4.69, 9.17) is 4.74 Å². The second-order valence-corrected chi connectivity index (χ2v) is 7.14. The largest absolute Gasteiger partial charge is 0.444 e. The van der Waals surface area contributed by atoms with Crippen LogP contribution < -0.4 is 0 Å². The molecule has 5 heteroatoms. The highest BCUT2D eigenvalue weighted by molar-refractivity contribution is 5.68. The monoisotopic (exact) mass is 284 g/mol. The maximum Gasteiger partial charge on any atom is 0.410 e. The van der Waals surface area contributed by atoms with Crippen LogP contribution in [0.1, 0.15) is 40.0 Å². The van der Waals surface area contributed by atoms with Gasteiger partial charge in [-0.3, -0.25) is 0 Å². The van der Waals surface area contributed by atoms with Gasteiger partial charge in [0.15, 0.2) is 0 Å². The van der Waals surface area contributed by atoms with Gasteiger partial charge in [0.1, 0.15) is 5.60 Å². The molecule has 0 aromatic carbocycles. The van der Waals surface area contributed by atoms with Crippen molar-refractivity contribution < 1.29 is 14.6 Å². The van der Waals surface area contributed by atoms with Crippen molar-refractivity contribution in [2.24, 2.45) is 5.92 Å². The summed E-state index contributed by atoms with van der Waals surface area (Å²) in [6.45, 7) is 10.0. The van der Waals surface area contributed by atoms with Gasteiger partial charge in [0, 0.05) is 32.7 Å². The molecule has 2 aliphatic rings. The minimum atomic E-state index is -0.427. The van der Waals surface area contributed by atoms with E-state index in [1.807, 2.05) is 25.7 Å². The summed E-state index contributed by atoms with van der Waals surface area (Å²) >= 11 is 0. The number of aliphatic hydroxyl groups excluding tert-OH is 1. The molecule has 5 nitrogen and oxygen atoms in total. The number of carbonyl (C=O) groups is 1. The lowest BCUT2D eigenvalue weighted by atomic mass is 9.98. The molecule has 1 unspecified atom stereocenters. The highest BCUT2D eigenvalue weighted by Gasteiger charge is 2.30. The number of ether oxygens (including phenoxy) is 1. The van der Waals surface area contributed by atoms with Crippen LogP contribution in [0.5, 0.6) is 0 Å². The number of nitrogens with zero attached hydrogens (tertiary/aromatic N) is 2. The Bertz CT molecular complexity index is 341. The van der Waals surface area contributed by atoms with Gasteiger partial charge in [0.25, 0.3) is 0 Å². The lowest BCUT2D eigenvalue weighted by Gasteiger charge is -2.35. The number of aliphatic hydroxyl groups is 1. The van der Waals surface area contributed by atoms with E-state index in [-0.39, 0.29) is 12.2 Å². The van der Waals surface area contributed by atoms with Gasteiger partial charge in [0.2, 0.25) is 0 Å². The van der Waals surface area contributed by atoms with Gasteiger partial charge in [-0.15, -0.1) is 0 Å². The second kappa shape index (κ2) is 6.31. The molecule has 20 heavy (non-hydrogen) atoms. The number of amides is 1. The topological polar surface area (TPSA) is 53.0 Å². The molecule has 0 aromatic rings. The molecule has 0 bridgehead atoms. The Labute approximate surface area is 121 Å². The van der Waals surface area contributed by atoms with Crippen LogP contribution in [0.3, 0.4) is 0 Å². The van der Waals surface area contributed by atoms with Crippen molar-refractivity contribution in [1.29, 1.82) is 0 Å². The molecule has 2 atom stereocenters. The number of hydrogen-bond donors (Lipinski definition) is 1. The van der Waals surface area contributed by atoms with Gasteiger partial charge in [-0.1, -0.05) is 0 Å². The van der Waals surface area contributed by atoms with E-state index in [1.54, 1.807) is 0 Å². The summed E-state index contributed by atoms with van der Waals surface area (Å²) in [5, 5.41) is 9.57. The quantitative estimate of drug-likeness (QED) is 0.838. The molecule has 0 saturated carbocycles. The fourth-order valence-electron chi connectivity index (χ4n) is 3.05. The number of hydrogen-bond acceptors (Lipinski definition) is 4. The molecule has 1 N–H and O–H groups in total. The molecule has 0 radical (unpaired) electrons. The zero-order valence-electron chi connectivity index (χ0n) is 13.0. The summed E-state index contributed by atoms with van der Waals surface area (Å²) in [5.74, 6) is 0.501. The van der Waals surface area contributed by atoms with E-state index >= 15 is 0 Å². The van der Waals surface area contributed by atoms with Gasteiger partial charge >= 0.3 is 6.09 Å². The van der Waals surface area contributed by atoms with Gasteiger partial charge in [0.05, 0.1) is 6.10 Å². The number of carbonyl (C=O) groups excluding carboxylic acids is 1. The summed E-state index contributed by atoms with van der Waals surface area (Å²) in [7, 11) is 0. The van der Waals surface area contributed by atoms with Crippen LogP contribution in [0.15, 0.2) is 0 Å². The van der Waals surface area contributed by atoms with Crippen molar-refractivity contribution in [3.63, 3.8) is 0 Å². The highest BCUT2D eigenvalue weighted by atomic mass is 16.6. The van der Waals surface area contributed by atoms with Gasteiger partial charge in [-0.2, -0.15) is 0 Å². The molecule has 2 rings (SSSR count). The predicted octanol–water partition coefficient (Wildman–Crippen LogP) is 1.70. The average Bonchev–Trinajstić information content (AvgIpc) is 2.73. The molecular weight excluding hydrogens is 256 g/mol. The summed E-state index contributed by atoms with van der Waals surface area (Å²) in [6, 6.07) is 0. The van der Waals surface area contributed by atoms with Crippen molar-refractivity contribution in [2.45, 2.75) is 51.7 Å². The SMILES string of the molecule is CC(C)(C)OC(=O)N1CCCC(CN2CC[C@H](O)C2)C1. The van der Waals surface area contributed by atoms with Crippen LogP contribution in [-0.4, -0.2) is 65.4 Å². The zero-order chi connectivity index (χ0) is 14.8. The molecule has 0 aliphatic carbocycles. The molecule has 2 saturated heterocycles. The minimum absolute atomic E-state index is 0.166. The molecule has 2 fully saturated rings. The molecule has 2 heterocycles. The minimum Gasteiger partial charge on any atom is -0.444 e. The lowest BCUT2D eigenvalue weighted by Crippen LogP contribution is -2.45. The summed E-state index contributed by atoms with van der Waals surface area (Å²) in [6.07, 6.45) is 2.72. The maximum atomic E-state index is 12.1. The first kappa shape index (κ1) is 15.6. The Kier molecular flexibility index (Phi) is 4.91. The third-order valence-corrected chi connectivity index (χ3v) is 3.93. The van der Waals surface area contributed by atoms with Crippen molar-refractivity contribution >= 4 is 6.09 Å². The van der Waals surface area contributed by atoms with Crippen LogP contribution in [0.25, 0.3) is 0 Å². The van der Waals surface area contributed by atoms with Crippen LogP contribution in [0, 0.1) is 5.92 Å². The van der Waals surface area contributed by atoms with Gasteiger partial charge < -0.3 is 19.6 Å². The van der Waals surface area contributed by atoms with Crippen LogP contribution in [0.4, 0.5) is 4.79 Å². The van der Waals surface area contributed by atoms with Gasteiger partial charge in [-0.25, -0.2) is 4.79 Å². The number of likely N-dealkylation sites (tertiary alicyclic amines) is 2. The summed E-state index contributed by atoms with van der Waals surface area (Å²) in [4.78, 5) is 16.3. The first-order valence-corrected chi connectivity index (χ1v) is 7.72.